The Hall–Kier alpha value is -1.77. The van der Waals surface area contributed by atoms with Gasteiger partial charge in [-0.1, -0.05) is 18.2 Å². The highest BCUT2D eigenvalue weighted by molar-refractivity contribution is 7.89. The molecule has 1 heterocycles. The van der Waals surface area contributed by atoms with Crippen molar-refractivity contribution in [3.05, 3.63) is 52.0 Å². The maximum absolute atomic E-state index is 13.8. The van der Waals surface area contributed by atoms with E-state index < -0.39 is 21.8 Å². The van der Waals surface area contributed by atoms with Gasteiger partial charge in [0.2, 0.25) is 10.0 Å². The van der Waals surface area contributed by atoms with Gasteiger partial charge in [0.05, 0.1) is 4.90 Å². The number of thiophene rings is 1. The number of aromatic carboxylic acids is 1. The van der Waals surface area contributed by atoms with Crippen molar-refractivity contribution in [2.75, 3.05) is 0 Å². The Kier molecular flexibility index (Phi) is 4.22. The molecular weight excluding hydrogens is 341 g/mol. The summed E-state index contributed by atoms with van der Waals surface area (Å²) in [7, 11) is -3.85. The molecule has 5 nitrogen and oxygen atoms in total. The molecule has 0 unspecified atom stereocenters. The first-order valence-electron chi connectivity index (χ1n) is 6.96. The zero-order chi connectivity index (χ0) is 16.6. The Balaban J connectivity index is 1.93. The van der Waals surface area contributed by atoms with Gasteiger partial charge in [-0.05, 0) is 25.0 Å². The van der Waals surface area contributed by atoms with Crippen LogP contribution in [-0.2, 0) is 16.6 Å². The lowest BCUT2D eigenvalue weighted by Crippen LogP contribution is -2.32. The van der Waals surface area contributed by atoms with Gasteiger partial charge in [-0.15, -0.1) is 11.3 Å². The molecule has 3 rings (SSSR count). The molecule has 0 saturated heterocycles. The van der Waals surface area contributed by atoms with Crippen LogP contribution in [0.4, 0.5) is 4.39 Å². The van der Waals surface area contributed by atoms with Gasteiger partial charge in [0.15, 0.2) is 0 Å². The van der Waals surface area contributed by atoms with Crippen LogP contribution in [0, 0.1) is 5.82 Å². The number of benzene rings is 1. The number of carboxylic acids is 1. The minimum atomic E-state index is -3.85. The van der Waals surface area contributed by atoms with Gasteiger partial charge in [0, 0.05) is 23.5 Å². The van der Waals surface area contributed by atoms with Gasteiger partial charge in [0.1, 0.15) is 10.7 Å². The van der Waals surface area contributed by atoms with E-state index in [0.29, 0.717) is 5.56 Å². The molecule has 0 amide bonds. The van der Waals surface area contributed by atoms with Crippen LogP contribution >= 0.6 is 11.3 Å². The Morgan fingerprint density at radius 2 is 2.04 bits per heavy atom. The van der Waals surface area contributed by atoms with Crippen molar-refractivity contribution in [3.63, 3.8) is 0 Å². The molecule has 1 fully saturated rings. The van der Waals surface area contributed by atoms with Crippen LogP contribution in [-0.4, -0.2) is 29.8 Å². The van der Waals surface area contributed by atoms with E-state index in [1.165, 1.54) is 15.8 Å². The lowest BCUT2D eigenvalue weighted by molar-refractivity contribution is 0.0702. The molecule has 0 spiro atoms. The molecular formula is C15H14FNO4S2. The summed E-state index contributed by atoms with van der Waals surface area (Å²) in [4.78, 5) is 10.9. The molecule has 0 radical (unpaired) electrons. The second-order valence-corrected chi connectivity index (χ2v) is 8.13. The molecule has 2 aromatic rings. The number of hydrogen-bond acceptors (Lipinski definition) is 4. The van der Waals surface area contributed by atoms with Crippen molar-refractivity contribution in [3.8, 4) is 0 Å². The highest BCUT2D eigenvalue weighted by atomic mass is 32.2. The predicted molar refractivity (Wildman–Crippen MR) is 83.4 cm³/mol. The number of sulfonamides is 1. The molecule has 8 heteroatoms. The van der Waals surface area contributed by atoms with E-state index in [-0.39, 0.29) is 22.4 Å². The quantitative estimate of drug-likeness (QED) is 0.864. The smallest absolute Gasteiger partial charge is 0.345 e. The van der Waals surface area contributed by atoms with Gasteiger partial charge < -0.3 is 5.11 Å². The maximum Gasteiger partial charge on any atom is 0.345 e. The van der Waals surface area contributed by atoms with Crippen LogP contribution < -0.4 is 0 Å². The summed E-state index contributed by atoms with van der Waals surface area (Å²) in [5.74, 6) is -1.62. The SMILES string of the molecule is O=C(O)c1cc(S(=O)(=O)N(Cc2ccccc2F)C2CC2)cs1. The highest BCUT2D eigenvalue weighted by Gasteiger charge is 2.39. The minimum absolute atomic E-state index is 0.0368. The van der Waals surface area contributed by atoms with E-state index in [4.69, 9.17) is 5.11 Å². The number of hydrogen-bond donors (Lipinski definition) is 1. The zero-order valence-corrected chi connectivity index (χ0v) is 13.6. The largest absolute Gasteiger partial charge is 0.477 e. The average molecular weight is 355 g/mol. The standard InChI is InChI=1S/C15H14FNO4S2/c16-13-4-2-1-3-10(13)8-17(11-5-6-11)23(20,21)12-7-14(15(18)19)22-9-12/h1-4,7,9,11H,5-6,8H2,(H,18,19). The highest BCUT2D eigenvalue weighted by Crippen LogP contribution is 2.35. The van der Waals surface area contributed by atoms with Crippen molar-refractivity contribution in [2.24, 2.45) is 0 Å². The van der Waals surface area contributed by atoms with Crippen LogP contribution in [0.3, 0.4) is 0 Å². The Morgan fingerprint density at radius 1 is 1.35 bits per heavy atom. The Morgan fingerprint density at radius 3 is 2.61 bits per heavy atom. The third-order valence-corrected chi connectivity index (χ3v) is 6.57. The average Bonchev–Trinajstić information content (AvgIpc) is 3.19. The second kappa shape index (κ2) is 6.03. The lowest BCUT2D eigenvalue weighted by Gasteiger charge is -2.21. The van der Waals surface area contributed by atoms with E-state index in [1.807, 2.05) is 0 Å². The van der Waals surface area contributed by atoms with E-state index in [1.54, 1.807) is 18.2 Å². The monoisotopic (exact) mass is 355 g/mol. The van der Waals surface area contributed by atoms with E-state index >= 15 is 0 Å². The van der Waals surface area contributed by atoms with Gasteiger partial charge in [-0.2, -0.15) is 4.31 Å². The molecule has 1 saturated carbocycles. The van der Waals surface area contributed by atoms with Gasteiger partial charge in [-0.25, -0.2) is 17.6 Å². The second-order valence-electron chi connectivity index (χ2n) is 5.32. The normalized spacial score (nSPS) is 15.0. The van der Waals surface area contributed by atoms with Crippen molar-refractivity contribution >= 4 is 27.3 Å². The summed E-state index contributed by atoms with van der Waals surface area (Å²) in [6.45, 7) is -0.0576. The van der Waals surface area contributed by atoms with Gasteiger partial charge in [-0.3, -0.25) is 0 Å². The van der Waals surface area contributed by atoms with E-state index in [9.17, 15) is 17.6 Å². The minimum Gasteiger partial charge on any atom is -0.477 e. The first-order chi connectivity index (χ1) is 10.9. The molecule has 1 aliphatic carbocycles. The molecule has 0 atom stereocenters. The number of carbonyl (C=O) groups is 1. The zero-order valence-electron chi connectivity index (χ0n) is 12.0. The number of carboxylic acid groups (broad SMARTS) is 1. The van der Waals surface area contributed by atoms with Crippen LogP contribution in [0.5, 0.6) is 0 Å². The topological polar surface area (TPSA) is 74.7 Å². The summed E-state index contributed by atoms with van der Waals surface area (Å²) < 4.78 is 40.7. The van der Waals surface area contributed by atoms with E-state index in [0.717, 1.165) is 30.2 Å². The van der Waals surface area contributed by atoms with Crippen molar-refractivity contribution in [2.45, 2.75) is 30.3 Å². The molecule has 0 bridgehead atoms. The summed E-state index contributed by atoms with van der Waals surface area (Å²) in [6.07, 6.45) is 1.45. The van der Waals surface area contributed by atoms with E-state index in [2.05, 4.69) is 0 Å². The predicted octanol–water partition coefficient (Wildman–Crippen LogP) is 2.94. The van der Waals surface area contributed by atoms with Gasteiger partial charge >= 0.3 is 5.97 Å². The molecule has 23 heavy (non-hydrogen) atoms. The molecule has 0 aliphatic heterocycles. The Labute approximate surface area is 137 Å². The molecule has 1 aromatic carbocycles. The molecule has 1 N–H and O–H groups in total. The Bertz CT molecular complexity index is 843. The van der Waals surface area contributed by atoms with Crippen molar-refractivity contribution in [1.29, 1.82) is 0 Å². The summed E-state index contributed by atoms with van der Waals surface area (Å²) in [6, 6.07) is 7.04. The number of nitrogens with zero attached hydrogens (tertiary/aromatic N) is 1. The summed E-state index contributed by atoms with van der Waals surface area (Å²) in [5, 5.41) is 10.3. The fourth-order valence-electron chi connectivity index (χ4n) is 2.27. The van der Waals surface area contributed by atoms with Crippen LogP contribution in [0.2, 0.25) is 0 Å². The molecule has 1 aromatic heterocycles. The number of rotatable bonds is 6. The maximum atomic E-state index is 13.8. The fraction of sp³-hybridized carbons (Fsp3) is 0.267. The van der Waals surface area contributed by atoms with Crippen LogP contribution in [0.25, 0.3) is 0 Å². The number of halogens is 1. The third kappa shape index (κ3) is 3.29. The van der Waals surface area contributed by atoms with Crippen LogP contribution in [0.1, 0.15) is 28.1 Å². The first-order valence-corrected chi connectivity index (χ1v) is 9.28. The summed E-state index contributed by atoms with van der Waals surface area (Å²) >= 11 is 0.864. The fourth-order valence-corrected chi connectivity index (χ4v) is 5.03. The van der Waals surface area contributed by atoms with Crippen LogP contribution in [0.15, 0.2) is 40.6 Å². The van der Waals surface area contributed by atoms with Crippen molar-refractivity contribution < 1.29 is 22.7 Å². The summed E-state index contributed by atoms with van der Waals surface area (Å²) in [5.41, 5.74) is 0.302. The molecule has 1 aliphatic rings. The molecule has 122 valence electrons. The first kappa shape index (κ1) is 16.1. The van der Waals surface area contributed by atoms with Crippen molar-refractivity contribution in [1.82, 2.24) is 4.31 Å². The third-order valence-electron chi connectivity index (χ3n) is 3.63. The lowest BCUT2D eigenvalue weighted by atomic mass is 10.2. The van der Waals surface area contributed by atoms with Gasteiger partial charge in [0.25, 0.3) is 0 Å².